The molecule has 2 N–H and O–H groups in total. The van der Waals surface area contributed by atoms with Gasteiger partial charge in [-0.15, -0.1) is 0 Å². The standard InChI is InChI=1S/C15H22FNO2/c1-10(18)12-5-7-17(8-6-12)15-4-3-13(16)9-14(15)11(2)19/h3-4,9-12,18-19H,5-8H2,1-2H3/t10?,11-/m0/s1. The Balaban J connectivity index is 2.15. The Labute approximate surface area is 113 Å². The number of aliphatic hydroxyl groups is 2. The molecule has 1 saturated heterocycles. The largest absolute Gasteiger partial charge is 0.393 e. The lowest BCUT2D eigenvalue weighted by Gasteiger charge is -2.36. The molecule has 1 fully saturated rings. The maximum absolute atomic E-state index is 13.3. The number of nitrogens with zero attached hydrogens (tertiary/aromatic N) is 1. The molecule has 1 aromatic carbocycles. The molecule has 0 spiro atoms. The molecule has 0 saturated carbocycles. The molecule has 1 aliphatic heterocycles. The van der Waals surface area contributed by atoms with Gasteiger partial charge in [0, 0.05) is 24.3 Å². The Morgan fingerprint density at radius 2 is 1.84 bits per heavy atom. The summed E-state index contributed by atoms with van der Waals surface area (Å²) in [5.41, 5.74) is 1.54. The molecule has 106 valence electrons. The zero-order valence-electron chi connectivity index (χ0n) is 11.5. The van der Waals surface area contributed by atoms with Gasteiger partial charge < -0.3 is 15.1 Å². The van der Waals surface area contributed by atoms with Crippen LogP contribution in [0, 0.1) is 11.7 Å². The second kappa shape index (κ2) is 5.88. The first-order chi connectivity index (χ1) is 8.99. The van der Waals surface area contributed by atoms with Crippen LogP contribution in [0.1, 0.15) is 38.4 Å². The summed E-state index contributed by atoms with van der Waals surface area (Å²) in [5, 5.41) is 19.4. The molecule has 3 nitrogen and oxygen atoms in total. The molecule has 19 heavy (non-hydrogen) atoms. The molecule has 2 atom stereocenters. The minimum Gasteiger partial charge on any atom is -0.393 e. The second-order valence-corrected chi connectivity index (χ2v) is 5.44. The van der Waals surface area contributed by atoms with Crippen molar-refractivity contribution < 1.29 is 14.6 Å². The molecule has 0 radical (unpaired) electrons. The van der Waals surface area contributed by atoms with Crippen molar-refractivity contribution in [3.05, 3.63) is 29.6 Å². The van der Waals surface area contributed by atoms with E-state index in [0.717, 1.165) is 31.6 Å². The average Bonchev–Trinajstić information content (AvgIpc) is 2.38. The van der Waals surface area contributed by atoms with Crippen LogP contribution in [-0.2, 0) is 0 Å². The lowest BCUT2D eigenvalue weighted by molar-refractivity contribution is 0.109. The Bertz CT molecular complexity index is 426. The maximum Gasteiger partial charge on any atom is 0.123 e. The monoisotopic (exact) mass is 267 g/mol. The molecular weight excluding hydrogens is 245 g/mol. The minimum absolute atomic E-state index is 0.272. The summed E-state index contributed by atoms with van der Waals surface area (Å²) >= 11 is 0. The molecule has 0 bridgehead atoms. The van der Waals surface area contributed by atoms with Crippen LogP contribution in [0.15, 0.2) is 18.2 Å². The van der Waals surface area contributed by atoms with Crippen molar-refractivity contribution in [2.75, 3.05) is 18.0 Å². The van der Waals surface area contributed by atoms with Gasteiger partial charge in [0.05, 0.1) is 12.2 Å². The molecule has 0 aromatic heterocycles. The lowest BCUT2D eigenvalue weighted by atomic mass is 9.91. The van der Waals surface area contributed by atoms with Gasteiger partial charge in [-0.05, 0) is 50.8 Å². The fraction of sp³-hybridized carbons (Fsp3) is 0.600. The third-order valence-corrected chi connectivity index (χ3v) is 4.00. The third-order valence-electron chi connectivity index (χ3n) is 4.00. The van der Waals surface area contributed by atoms with Crippen LogP contribution in [0.2, 0.25) is 0 Å². The maximum atomic E-state index is 13.3. The van der Waals surface area contributed by atoms with Gasteiger partial charge in [-0.25, -0.2) is 4.39 Å². The molecule has 4 heteroatoms. The number of aliphatic hydroxyl groups excluding tert-OH is 2. The van der Waals surface area contributed by atoms with Crippen LogP contribution in [-0.4, -0.2) is 29.4 Å². The number of piperidine rings is 1. The molecule has 2 rings (SSSR count). The van der Waals surface area contributed by atoms with Crippen molar-refractivity contribution in [1.82, 2.24) is 0 Å². The Kier molecular flexibility index (Phi) is 4.42. The average molecular weight is 267 g/mol. The van der Waals surface area contributed by atoms with Crippen LogP contribution < -0.4 is 4.90 Å². The molecule has 1 heterocycles. The van der Waals surface area contributed by atoms with E-state index in [-0.39, 0.29) is 11.9 Å². The lowest BCUT2D eigenvalue weighted by Crippen LogP contribution is -2.37. The van der Waals surface area contributed by atoms with E-state index < -0.39 is 6.10 Å². The quantitative estimate of drug-likeness (QED) is 0.884. The van der Waals surface area contributed by atoms with Crippen molar-refractivity contribution in [2.24, 2.45) is 5.92 Å². The van der Waals surface area contributed by atoms with E-state index in [1.54, 1.807) is 13.0 Å². The van der Waals surface area contributed by atoms with E-state index in [2.05, 4.69) is 4.90 Å². The van der Waals surface area contributed by atoms with Crippen molar-refractivity contribution in [3.63, 3.8) is 0 Å². The number of halogens is 1. The molecule has 1 aliphatic rings. The smallest absolute Gasteiger partial charge is 0.123 e. The number of benzene rings is 1. The summed E-state index contributed by atoms with van der Waals surface area (Å²) in [6.45, 7) is 5.15. The van der Waals surface area contributed by atoms with Crippen molar-refractivity contribution in [1.29, 1.82) is 0 Å². The first-order valence-electron chi connectivity index (χ1n) is 6.89. The summed E-state index contributed by atoms with van der Waals surface area (Å²) < 4.78 is 13.3. The van der Waals surface area contributed by atoms with E-state index >= 15 is 0 Å². The summed E-state index contributed by atoms with van der Waals surface area (Å²) in [5.74, 6) is 0.0187. The van der Waals surface area contributed by atoms with E-state index in [4.69, 9.17) is 0 Å². The predicted octanol–water partition coefficient (Wildman–Crippen LogP) is 2.48. The normalized spacial score (nSPS) is 20.4. The van der Waals surface area contributed by atoms with E-state index in [0.29, 0.717) is 11.5 Å². The van der Waals surface area contributed by atoms with Crippen molar-refractivity contribution >= 4 is 5.69 Å². The summed E-state index contributed by atoms with van der Waals surface area (Å²) in [6, 6.07) is 4.57. The second-order valence-electron chi connectivity index (χ2n) is 5.44. The summed E-state index contributed by atoms with van der Waals surface area (Å²) in [7, 11) is 0. The highest BCUT2D eigenvalue weighted by molar-refractivity contribution is 5.55. The van der Waals surface area contributed by atoms with Crippen LogP contribution in [0.3, 0.4) is 0 Å². The van der Waals surface area contributed by atoms with Gasteiger partial charge in [0.15, 0.2) is 0 Å². The third kappa shape index (κ3) is 3.25. The van der Waals surface area contributed by atoms with Crippen molar-refractivity contribution in [3.8, 4) is 0 Å². The highest BCUT2D eigenvalue weighted by atomic mass is 19.1. The Morgan fingerprint density at radius 3 is 2.37 bits per heavy atom. The fourth-order valence-corrected chi connectivity index (χ4v) is 2.77. The first kappa shape index (κ1) is 14.3. The number of anilines is 1. The molecule has 1 aromatic rings. The predicted molar refractivity (Wildman–Crippen MR) is 73.7 cm³/mol. The van der Waals surface area contributed by atoms with E-state index in [1.807, 2.05) is 6.92 Å². The van der Waals surface area contributed by atoms with Gasteiger partial charge in [0.25, 0.3) is 0 Å². The molecular formula is C15H22FNO2. The van der Waals surface area contributed by atoms with Gasteiger partial charge in [-0.2, -0.15) is 0 Å². The summed E-state index contributed by atoms with van der Waals surface area (Å²) in [6.07, 6.45) is 0.898. The molecule has 1 unspecified atom stereocenters. The topological polar surface area (TPSA) is 43.7 Å². The van der Waals surface area contributed by atoms with Crippen LogP contribution in [0.25, 0.3) is 0 Å². The van der Waals surface area contributed by atoms with Gasteiger partial charge in [0.1, 0.15) is 5.82 Å². The van der Waals surface area contributed by atoms with Gasteiger partial charge in [-0.1, -0.05) is 0 Å². The SMILES string of the molecule is CC(O)C1CCN(c2ccc(F)cc2[C@H](C)O)CC1. The van der Waals surface area contributed by atoms with Crippen LogP contribution in [0.5, 0.6) is 0 Å². The Hall–Kier alpha value is -1.13. The van der Waals surface area contributed by atoms with Crippen LogP contribution in [0.4, 0.5) is 10.1 Å². The van der Waals surface area contributed by atoms with Crippen LogP contribution >= 0.6 is 0 Å². The zero-order valence-corrected chi connectivity index (χ0v) is 11.5. The molecule has 0 aliphatic carbocycles. The highest BCUT2D eigenvalue weighted by Gasteiger charge is 2.24. The van der Waals surface area contributed by atoms with E-state index in [9.17, 15) is 14.6 Å². The minimum atomic E-state index is -0.680. The summed E-state index contributed by atoms with van der Waals surface area (Å²) in [4.78, 5) is 2.17. The van der Waals surface area contributed by atoms with Gasteiger partial charge in [-0.3, -0.25) is 0 Å². The number of rotatable bonds is 3. The first-order valence-corrected chi connectivity index (χ1v) is 6.89. The van der Waals surface area contributed by atoms with Gasteiger partial charge >= 0.3 is 0 Å². The Morgan fingerprint density at radius 1 is 1.21 bits per heavy atom. The fourth-order valence-electron chi connectivity index (χ4n) is 2.77. The number of hydrogen-bond acceptors (Lipinski definition) is 3. The van der Waals surface area contributed by atoms with Crippen molar-refractivity contribution in [2.45, 2.75) is 38.9 Å². The zero-order chi connectivity index (χ0) is 14.0. The number of hydrogen-bond donors (Lipinski definition) is 2. The van der Waals surface area contributed by atoms with E-state index in [1.165, 1.54) is 12.1 Å². The van der Waals surface area contributed by atoms with Gasteiger partial charge in [0.2, 0.25) is 0 Å². The highest BCUT2D eigenvalue weighted by Crippen LogP contribution is 2.31. The molecule has 0 amide bonds.